The number of likely N-dealkylation sites (N-methyl/N-ethyl adjacent to an activating group) is 1. The summed E-state index contributed by atoms with van der Waals surface area (Å²) in [4.78, 5) is 51.6. The molecule has 0 spiro atoms. The second-order valence-corrected chi connectivity index (χ2v) is 6.94. The van der Waals surface area contributed by atoms with Gasteiger partial charge in [0, 0.05) is 26.2 Å². The van der Waals surface area contributed by atoms with Gasteiger partial charge in [0.05, 0.1) is 11.8 Å². The summed E-state index contributed by atoms with van der Waals surface area (Å²) in [5.74, 6) is -1.60. The van der Waals surface area contributed by atoms with Crippen molar-refractivity contribution in [2.75, 3.05) is 20.6 Å². The third-order valence-corrected chi connectivity index (χ3v) is 5.18. The van der Waals surface area contributed by atoms with Crippen LogP contribution in [0.1, 0.15) is 28.8 Å². The number of allylic oxidation sites excluding steroid dienone is 2. The zero-order chi connectivity index (χ0) is 19.6. The summed E-state index contributed by atoms with van der Waals surface area (Å²) in [7, 11) is 3.20. The van der Waals surface area contributed by atoms with E-state index >= 15 is 0 Å². The first-order valence-corrected chi connectivity index (χ1v) is 8.97. The van der Waals surface area contributed by atoms with E-state index in [1.54, 1.807) is 38.4 Å². The Kier molecular flexibility index (Phi) is 5.39. The van der Waals surface area contributed by atoms with Crippen LogP contribution in [0.2, 0.25) is 0 Å². The fourth-order valence-corrected chi connectivity index (χ4v) is 3.55. The molecule has 2 aliphatic rings. The summed E-state index contributed by atoms with van der Waals surface area (Å²) < 4.78 is 0. The molecule has 1 aromatic rings. The van der Waals surface area contributed by atoms with Crippen LogP contribution < -0.4 is 5.32 Å². The number of carbonyl (C=O) groups is 4. The van der Waals surface area contributed by atoms with Crippen molar-refractivity contribution in [3.8, 4) is 0 Å². The van der Waals surface area contributed by atoms with Gasteiger partial charge in [-0.1, -0.05) is 24.3 Å². The van der Waals surface area contributed by atoms with Crippen molar-refractivity contribution in [2.45, 2.75) is 19.4 Å². The SMILES string of the molecule is CNC(=O)c1ccc(CN(C)C(=O)CN2C(=O)[C@H]3CC=CC[C@H]3C2=O)cc1. The minimum Gasteiger partial charge on any atom is -0.355 e. The average Bonchev–Trinajstić information content (AvgIpc) is 2.93. The Balaban J connectivity index is 1.60. The van der Waals surface area contributed by atoms with E-state index in [9.17, 15) is 19.2 Å². The Labute approximate surface area is 158 Å². The molecule has 7 nitrogen and oxygen atoms in total. The molecule has 0 bridgehead atoms. The number of carbonyl (C=O) groups excluding carboxylic acids is 4. The van der Waals surface area contributed by atoms with Crippen LogP contribution in [0.25, 0.3) is 0 Å². The Morgan fingerprint density at radius 2 is 1.63 bits per heavy atom. The first-order chi connectivity index (χ1) is 12.9. The van der Waals surface area contributed by atoms with Crippen LogP contribution in [0.15, 0.2) is 36.4 Å². The highest BCUT2D eigenvalue weighted by molar-refractivity contribution is 6.07. The van der Waals surface area contributed by atoms with Crippen molar-refractivity contribution in [3.05, 3.63) is 47.5 Å². The molecule has 7 heteroatoms. The van der Waals surface area contributed by atoms with Gasteiger partial charge in [-0.15, -0.1) is 0 Å². The largest absolute Gasteiger partial charge is 0.355 e. The fraction of sp³-hybridized carbons (Fsp3) is 0.400. The molecular weight excluding hydrogens is 346 g/mol. The normalized spacial score (nSPS) is 21.2. The number of nitrogens with one attached hydrogen (secondary N) is 1. The van der Waals surface area contributed by atoms with Gasteiger partial charge in [-0.05, 0) is 30.5 Å². The van der Waals surface area contributed by atoms with Crippen LogP contribution in [0.4, 0.5) is 0 Å². The Bertz CT molecular complexity index is 774. The van der Waals surface area contributed by atoms with E-state index in [2.05, 4.69) is 5.32 Å². The lowest BCUT2D eigenvalue weighted by atomic mass is 9.85. The molecule has 0 unspecified atom stereocenters. The van der Waals surface area contributed by atoms with Crippen LogP contribution in [-0.4, -0.2) is 54.1 Å². The molecule has 142 valence electrons. The highest BCUT2D eigenvalue weighted by Crippen LogP contribution is 2.34. The molecule has 1 saturated heterocycles. The number of likely N-dealkylation sites (tertiary alicyclic amines) is 1. The Morgan fingerprint density at radius 3 is 2.15 bits per heavy atom. The van der Waals surface area contributed by atoms with E-state index in [0.29, 0.717) is 24.9 Å². The zero-order valence-electron chi connectivity index (χ0n) is 15.5. The van der Waals surface area contributed by atoms with E-state index in [1.165, 1.54) is 4.90 Å². The van der Waals surface area contributed by atoms with Crippen LogP contribution in [0.5, 0.6) is 0 Å². The third-order valence-electron chi connectivity index (χ3n) is 5.18. The van der Waals surface area contributed by atoms with Gasteiger partial charge in [-0.25, -0.2) is 0 Å². The lowest BCUT2D eigenvalue weighted by Crippen LogP contribution is -2.41. The third kappa shape index (κ3) is 3.77. The van der Waals surface area contributed by atoms with Gasteiger partial charge in [0.2, 0.25) is 17.7 Å². The van der Waals surface area contributed by atoms with E-state index < -0.39 is 0 Å². The van der Waals surface area contributed by atoms with Crippen molar-refractivity contribution in [3.63, 3.8) is 0 Å². The number of rotatable bonds is 5. The van der Waals surface area contributed by atoms with Crippen molar-refractivity contribution in [2.24, 2.45) is 11.8 Å². The van der Waals surface area contributed by atoms with Gasteiger partial charge in [0.15, 0.2) is 0 Å². The van der Waals surface area contributed by atoms with Crippen LogP contribution in [0.3, 0.4) is 0 Å². The Morgan fingerprint density at radius 1 is 1.07 bits per heavy atom. The van der Waals surface area contributed by atoms with Gasteiger partial charge >= 0.3 is 0 Å². The van der Waals surface area contributed by atoms with Crippen LogP contribution in [-0.2, 0) is 20.9 Å². The summed E-state index contributed by atoms with van der Waals surface area (Å²) in [6, 6.07) is 6.94. The highest BCUT2D eigenvalue weighted by atomic mass is 16.2. The predicted molar refractivity (Wildman–Crippen MR) is 98.4 cm³/mol. The van der Waals surface area contributed by atoms with E-state index in [-0.39, 0.29) is 42.0 Å². The highest BCUT2D eigenvalue weighted by Gasteiger charge is 2.47. The number of fused-ring (bicyclic) bond motifs is 1. The van der Waals surface area contributed by atoms with Gasteiger partial charge in [-0.2, -0.15) is 0 Å². The smallest absolute Gasteiger partial charge is 0.251 e. The summed E-state index contributed by atoms with van der Waals surface area (Å²) in [6.45, 7) is 0.106. The number of benzene rings is 1. The number of hydrogen-bond donors (Lipinski definition) is 1. The Hall–Kier alpha value is -2.96. The summed E-state index contributed by atoms with van der Waals surface area (Å²) in [6.07, 6.45) is 4.97. The minimum atomic E-state index is -0.321. The maximum atomic E-state index is 12.5. The molecule has 27 heavy (non-hydrogen) atoms. The molecular formula is C20H23N3O4. The molecule has 2 atom stereocenters. The second-order valence-electron chi connectivity index (χ2n) is 6.94. The van der Waals surface area contributed by atoms with Crippen molar-refractivity contribution in [1.82, 2.24) is 15.1 Å². The molecule has 1 aliphatic heterocycles. The van der Waals surface area contributed by atoms with Gasteiger partial charge in [0.1, 0.15) is 6.54 Å². The second kappa shape index (κ2) is 7.73. The van der Waals surface area contributed by atoms with Crippen molar-refractivity contribution >= 4 is 23.6 Å². The molecule has 1 N–H and O–H groups in total. The van der Waals surface area contributed by atoms with Gasteiger partial charge < -0.3 is 10.2 Å². The molecule has 1 fully saturated rings. The number of amides is 4. The standard InChI is InChI=1S/C20H23N3O4/c1-21-18(25)14-9-7-13(8-10-14)11-22(2)17(24)12-23-19(26)15-5-3-4-6-16(15)20(23)27/h3-4,7-10,15-16H,5-6,11-12H2,1-2H3,(H,21,25)/t15-,16+. The molecule has 1 aliphatic carbocycles. The summed E-state index contributed by atoms with van der Waals surface area (Å²) >= 11 is 0. The first kappa shape index (κ1) is 18.8. The summed E-state index contributed by atoms with van der Waals surface area (Å²) in [5.41, 5.74) is 1.40. The van der Waals surface area contributed by atoms with Gasteiger partial charge in [-0.3, -0.25) is 24.1 Å². The predicted octanol–water partition coefficient (Wildman–Crippen LogP) is 0.956. The number of nitrogens with zero attached hydrogens (tertiary/aromatic N) is 2. The number of imide groups is 1. The molecule has 0 aromatic heterocycles. The van der Waals surface area contributed by atoms with E-state index in [4.69, 9.17) is 0 Å². The average molecular weight is 369 g/mol. The van der Waals surface area contributed by atoms with Crippen LogP contribution in [0, 0.1) is 11.8 Å². The van der Waals surface area contributed by atoms with Crippen molar-refractivity contribution in [1.29, 1.82) is 0 Å². The maximum absolute atomic E-state index is 12.5. The van der Waals surface area contributed by atoms with Crippen molar-refractivity contribution < 1.29 is 19.2 Å². The lowest BCUT2D eigenvalue weighted by Gasteiger charge is -2.21. The first-order valence-electron chi connectivity index (χ1n) is 8.97. The zero-order valence-corrected chi connectivity index (χ0v) is 15.5. The lowest BCUT2D eigenvalue weighted by molar-refractivity contribution is -0.146. The van der Waals surface area contributed by atoms with E-state index in [1.807, 2.05) is 12.2 Å². The topological polar surface area (TPSA) is 86.8 Å². The minimum absolute atomic E-state index is 0.173. The van der Waals surface area contributed by atoms with Gasteiger partial charge in [0.25, 0.3) is 5.91 Å². The van der Waals surface area contributed by atoms with Crippen LogP contribution >= 0.6 is 0 Å². The molecule has 1 aromatic carbocycles. The number of hydrogen-bond acceptors (Lipinski definition) is 4. The monoisotopic (exact) mass is 369 g/mol. The molecule has 4 amide bonds. The quantitative estimate of drug-likeness (QED) is 0.619. The summed E-state index contributed by atoms with van der Waals surface area (Å²) in [5, 5.41) is 2.55. The molecule has 3 rings (SSSR count). The molecule has 0 radical (unpaired) electrons. The van der Waals surface area contributed by atoms with E-state index in [0.717, 1.165) is 10.5 Å². The molecule has 0 saturated carbocycles. The maximum Gasteiger partial charge on any atom is 0.251 e. The molecule has 1 heterocycles. The fourth-order valence-electron chi connectivity index (χ4n) is 3.55.